The molecule has 0 atom stereocenters. The fraction of sp³-hybridized carbons (Fsp3) is 0.560. The SMILES string of the molecule is Cc1nc(N2CCOCC2)ncc1N1CC2(CCC(c3ccccc3)(N(C)C)CC2)NC1=O. The third-order valence-corrected chi connectivity index (χ3v) is 7.80. The van der Waals surface area contributed by atoms with Crippen LogP contribution in [0.5, 0.6) is 0 Å². The van der Waals surface area contributed by atoms with Crippen molar-refractivity contribution in [1.82, 2.24) is 20.2 Å². The van der Waals surface area contributed by atoms with Crippen molar-refractivity contribution < 1.29 is 9.53 Å². The topological polar surface area (TPSA) is 73.8 Å². The predicted octanol–water partition coefficient (Wildman–Crippen LogP) is 2.92. The van der Waals surface area contributed by atoms with E-state index in [0.29, 0.717) is 25.7 Å². The first-order chi connectivity index (χ1) is 15.9. The van der Waals surface area contributed by atoms with Crippen molar-refractivity contribution in [2.45, 2.75) is 43.7 Å². The summed E-state index contributed by atoms with van der Waals surface area (Å²) < 4.78 is 5.43. The van der Waals surface area contributed by atoms with E-state index in [1.54, 1.807) is 0 Å². The Labute approximate surface area is 195 Å². The lowest BCUT2D eigenvalue weighted by molar-refractivity contribution is 0.0658. The molecule has 5 rings (SSSR count). The summed E-state index contributed by atoms with van der Waals surface area (Å²) in [6.45, 7) is 5.59. The highest BCUT2D eigenvalue weighted by Crippen LogP contribution is 2.46. The first kappa shape index (κ1) is 22.1. The molecule has 0 bridgehead atoms. The molecule has 8 heteroatoms. The minimum atomic E-state index is -0.208. The van der Waals surface area contributed by atoms with Crippen molar-refractivity contribution in [3.63, 3.8) is 0 Å². The van der Waals surface area contributed by atoms with Gasteiger partial charge in [-0.25, -0.2) is 14.8 Å². The summed E-state index contributed by atoms with van der Waals surface area (Å²) >= 11 is 0. The average Bonchev–Trinajstić information content (AvgIpc) is 3.16. The van der Waals surface area contributed by atoms with Gasteiger partial charge in [0.05, 0.1) is 42.9 Å². The zero-order chi connectivity index (χ0) is 23.1. The van der Waals surface area contributed by atoms with E-state index in [4.69, 9.17) is 9.72 Å². The van der Waals surface area contributed by atoms with E-state index < -0.39 is 0 Å². The van der Waals surface area contributed by atoms with E-state index in [-0.39, 0.29) is 17.1 Å². The highest BCUT2D eigenvalue weighted by atomic mass is 16.5. The largest absolute Gasteiger partial charge is 0.378 e. The highest BCUT2D eigenvalue weighted by Gasteiger charge is 2.50. The number of urea groups is 1. The summed E-state index contributed by atoms with van der Waals surface area (Å²) in [6.07, 6.45) is 5.69. The van der Waals surface area contributed by atoms with Gasteiger partial charge in [0.15, 0.2) is 0 Å². The fourth-order valence-electron chi connectivity index (χ4n) is 5.70. The van der Waals surface area contributed by atoms with Gasteiger partial charge in [-0.1, -0.05) is 30.3 Å². The maximum absolute atomic E-state index is 13.1. The number of benzene rings is 1. The summed E-state index contributed by atoms with van der Waals surface area (Å²) in [6, 6.07) is 10.7. The van der Waals surface area contributed by atoms with E-state index >= 15 is 0 Å². The van der Waals surface area contributed by atoms with Crippen LogP contribution in [0.15, 0.2) is 36.5 Å². The Morgan fingerprint density at radius 1 is 1.06 bits per heavy atom. The van der Waals surface area contributed by atoms with Crippen LogP contribution in [0.3, 0.4) is 0 Å². The Bertz CT molecular complexity index is 997. The number of ether oxygens (including phenoxy) is 1. The summed E-state index contributed by atoms with van der Waals surface area (Å²) in [7, 11) is 4.34. The molecule has 3 aliphatic rings. The number of aryl methyl sites for hydroxylation is 1. The van der Waals surface area contributed by atoms with Crippen molar-refractivity contribution in [3.8, 4) is 0 Å². The summed E-state index contributed by atoms with van der Waals surface area (Å²) in [5.41, 5.74) is 2.79. The van der Waals surface area contributed by atoms with Gasteiger partial charge in [-0.3, -0.25) is 9.80 Å². The highest BCUT2D eigenvalue weighted by molar-refractivity contribution is 5.95. The van der Waals surface area contributed by atoms with Crippen LogP contribution in [0.25, 0.3) is 0 Å². The van der Waals surface area contributed by atoms with Crippen molar-refractivity contribution in [2.24, 2.45) is 0 Å². The molecule has 1 aromatic carbocycles. The van der Waals surface area contributed by atoms with Crippen LogP contribution in [0.1, 0.15) is 36.9 Å². The first-order valence-corrected chi connectivity index (χ1v) is 11.9. The average molecular weight is 451 g/mol. The van der Waals surface area contributed by atoms with Crippen LogP contribution < -0.4 is 15.1 Å². The molecular weight excluding hydrogens is 416 g/mol. The van der Waals surface area contributed by atoms with Gasteiger partial charge >= 0.3 is 6.03 Å². The lowest BCUT2D eigenvalue weighted by Gasteiger charge is -2.48. The van der Waals surface area contributed by atoms with Crippen LogP contribution in [0.2, 0.25) is 0 Å². The number of aromatic nitrogens is 2. The van der Waals surface area contributed by atoms with E-state index in [1.807, 2.05) is 18.0 Å². The quantitative estimate of drug-likeness (QED) is 0.772. The van der Waals surface area contributed by atoms with Gasteiger partial charge in [0.2, 0.25) is 5.95 Å². The van der Waals surface area contributed by atoms with Crippen LogP contribution in [-0.4, -0.2) is 73.4 Å². The Morgan fingerprint density at radius 3 is 2.39 bits per heavy atom. The normalized spacial score (nSPS) is 27.9. The molecule has 2 amide bonds. The summed E-state index contributed by atoms with van der Waals surface area (Å²) in [4.78, 5) is 28.7. The van der Waals surface area contributed by atoms with Crippen LogP contribution in [0, 0.1) is 6.92 Å². The number of carbonyl (C=O) groups excluding carboxylic acids is 1. The Hall–Kier alpha value is -2.71. The summed E-state index contributed by atoms with van der Waals surface area (Å²) in [5.74, 6) is 0.713. The molecule has 1 N–H and O–H groups in total. The molecule has 2 saturated heterocycles. The molecule has 1 aliphatic carbocycles. The van der Waals surface area contributed by atoms with Gasteiger partial charge in [-0.15, -0.1) is 0 Å². The second-order valence-corrected chi connectivity index (χ2v) is 9.83. The van der Waals surface area contributed by atoms with Crippen molar-refractivity contribution in [1.29, 1.82) is 0 Å². The van der Waals surface area contributed by atoms with Crippen LogP contribution in [-0.2, 0) is 10.3 Å². The number of hydrogen-bond acceptors (Lipinski definition) is 6. The molecule has 2 aromatic rings. The minimum Gasteiger partial charge on any atom is -0.378 e. The van der Waals surface area contributed by atoms with Crippen LogP contribution >= 0.6 is 0 Å². The number of anilines is 2. The number of nitrogens with one attached hydrogen (secondary N) is 1. The molecule has 1 aromatic heterocycles. The lowest BCUT2D eigenvalue weighted by Crippen LogP contribution is -2.54. The predicted molar refractivity (Wildman–Crippen MR) is 129 cm³/mol. The molecule has 3 heterocycles. The molecular formula is C25H34N6O2. The van der Waals surface area contributed by atoms with Gasteiger partial charge < -0.3 is 15.0 Å². The lowest BCUT2D eigenvalue weighted by atomic mass is 9.69. The van der Waals surface area contributed by atoms with E-state index in [0.717, 1.165) is 50.2 Å². The number of amides is 2. The number of rotatable bonds is 4. The monoisotopic (exact) mass is 450 g/mol. The van der Waals surface area contributed by atoms with Crippen LogP contribution in [0.4, 0.5) is 16.4 Å². The Morgan fingerprint density at radius 2 is 1.76 bits per heavy atom. The third-order valence-electron chi connectivity index (χ3n) is 7.80. The van der Waals surface area contributed by atoms with Gasteiger partial charge in [0.25, 0.3) is 0 Å². The molecule has 2 aliphatic heterocycles. The smallest absolute Gasteiger partial charge is 0.322 e. The second-order valence-electron chi connectivity index (χ2n) is 9.83. The number of hydrogen-bond donors (Lipinski definition) is 1. The molecule has 0 unspecified atom stereocenters. The van der Waals surface area contributed by atoms with Gasteiger partial charge in [-0.2, -0.15) is 0 Å². The van der Waals surface area contributed by atoms with Gasteiger partial charge in [0.1, 0.15) is 0 Å². The molecule has 1 saturated carbocycles. The number of morpholine rings is 1. The van der Waals surface area contributed by atoms with Gasteiger partial charge in [-0.05, 0) is 52.3 Å². The van der Waals surface area contributed by atoms with Crippen molar-refractivity contribution >= 4 is 17.7 Å². The number of nitrogens with zero attached hydrogens (tertiary/aromatic N) is 5. The molecule has 176 valence electrons. The number of carbonyl (C=O) groups is 1. The van der Waals surface area contributed by atoms with Crippen molar-refractivity contribution in [3.05, 3.63) is 47.8 Å². The molecule has 8 nitrogen and oxygen atoms in total. The minimum absolute atomic E-state index is 0.00346. The zero-order valence-corrected chi connectivity index (χ0v) is 19.9. The maximum atomic E-state index is 13.1. The van der Waals surface area contributed by atoms with Gasteiger partial charge in [0, 0.05) is 18.6 Å². The summed E-state index contributed by atoms with van der Waals surface area (Å²) in [5, 5.41) is 3.34. The Kier molecular flexibility index (Phi) is 5.74. The van der Waals surface area contributed by atoms with E-state index in [9.17, 15) is 4.79 Å². The molecule has 0 radical (unpaired) electrons. The molecule has 3 fully saturated rings. The van der Waals surface area contributed by atoms with Crippen molar-refractivity contribution in [2.75, 3.05) is 56.7 Å². The second kappa shape index (κ2) is 8.57. The molecule has 33 heavy (non-hydrogen) atoms. The third kappa shape index (κ3) is 3.95. The maximum Gasteiger partial charge on any atom is 0.322 e. The zero-order valence-electron chi connectivity index (χ0n) is 19.9. The fourth-order valence-corrected chi connectivity index (χ4v) is 5.70. The van der Waals surface area contributed by atoms with E-state index in [2.05, 4.69) is 64.5 Å². The standard InChI is InChI=1S/C25H34N6O2/c1-19-21(17-26-22(27-19)30-13-15-33-16-14-30)31-18-24(28-23(31)32)9-11-25(12-10-24,29(2)3)20-7-5-4-6-8-20/h4-8,17H,9-16,18H2,1-3H3,(H,28,32). The Balaban J connectivity index is 1.33. The van der Waals surface area contributed by atoms with E-state index in [1.165, 1.54) is 5.56 Å². The molecule has 1 spiro atoms. The first-order valence-electron chi connectivity index (χ1n) is 11.9.